The van der Waals surface area contributed by atoms with Gasteiger partial charge in [0.1, 0.15) is 11.5 Å². The second kappa shape index (κ2) is 8.17. The van der Waals surface area contributed by atoms with Crippen LogP contribution < -0.4 is 15.0 Å². The number of para-hydroxylation sites is 2. The van der Waals surface area contributed by atoms with Crippen molar-refractivity contribution in [1.82, 2.24) is 20.0 Å². The number of benzene rings is 1. The maximum atomic E-state index is 12.8. The number of amides is 1. The fraction of sp³-hybridized carbons (Fsp3) is 0.300. The van der Waals surface area contributed by atoms with Crippen LogP contribution in [0.3, 0.4) is 0 Å². The number of aryl methyl sites for hydroxylation is 1. The lowest BCUT2D eigenvalue weighted by Gasteiger charge is -2.36. The number of methoxy groups -OCH3 is 1. The van der Waals surface area contributed by atoms with E-state index in [9.17, 15) is 4.79 Å². The largest absolute Gasteiger partial charge is 0.495 e. The molecule has 0 bridgehead atoms. The maximum Gasteiger partial charge on any atom is 0.257 e. The van der Waals surface area contributed by atoms with E-state index in [1.807, 2.05) is 29.2 Å². The Morgan fingerprint density at radius 3 is 2.52 bits per heavy atom. The van der Waals surface area contributed by atoms with Crippen molar-refractivity contribution in [3.63, 3.8) is 0 Å². The lowest BCUT2D eigenvalue weighted by molar-refractivity contribution is 0.0746. The zero-order chi connectivity index (χ0) is 20.2. The highest BCUT2D eigenvalue weighted by Gasteiger charge is 2.24. The molecule has 3 aromatic rings. The number of nitrogens with zero attached hydrogens (tertiary/aromatic N) is 5. The maximum absolute atomic E-state index is 12.8. The zero-order valence-electron chi connectivity index (χ0n) is 16.3. The molecular formula is C20H22N6O3. The highest BCUT2D eigenvalue weighted by molar-refractivity contribution is 5.94. The molecule has 3 heterocycles. The molecule has 1 fully saturated rings. The molecule has 9 nitrogen and oxygen atoms in total. The van der Waals surface area contributed by atoms with Crippen molar-refractivity contribution in [2.45, 2.75) is 6.92 Å². The van der Waals surface area contributed by atoms with Crippen molar-refractivity contribution in [3.05, 3.63) is 54.0 Å². The molecule has 9 heteroatoms. The summed E-state index contributed by atoms with van der Waals surface area (Å²) >= 11 is 0. The monoisotopic (exact) mass is 394 g/mol. The van der Waals surface area contributed by atoms with Crippen LogP contribution in [0.2, 0.25) is 0 Å². The third-order valence-corrected chi connectivity index (χ3v) is 4.76. The molecule has 1 saturated heterocycles. The van der Waals surface area contributed by atoms with Crippen LogP contribution in [0.25, 0.3) is 0 Å². The molecule has 0 saturated carbocycles. The lowest BCUT2D eigenvalue weighted by atomic mass is 10.2. The first-order valence-electron chi connectivity index (χ1n) is 9.33. The summed E-state index contributed by atoms with van der Waals surface area (Å²) in [4.78, 5) is 25.3. The average Bonchev–Trinajstić information content (AvgIpc) is 3.18. The summed E-state index contributed by atoms with van der Waals surface area (Å²) in [6.07, 6.45) is 3.05. The van der Waals surface area contributed by atoms with E-state index in [0.717, 1.165) is 24.5 Å². The van der Waals surface area contributed by atoms with Gasteiger partial charge in [-0.15, -0.1) is 0 Å². The van der Waals surface area contributed by atoms with E-state index in [0.29, 0.717) is 36.2 Å². The van der Waals surface area contributed by atoms with Crippen molar-refractivity contribution < 1.29 is 14.1 Å². The van der Waals surface area contributed by atoms with Crippen LogP contribution >= 0.6 is 0 Å². The highest BCUT2D eigenvalue weighted by atomic mass is 16.5. The first kappa shape index (κ1) is 18.7. The molecule has 0 unspecified atom stereocenters. The van der Waals surface area contributed by atoms with Gasteiger partial charge in [-0.05, 0) is 19.1 Å². The number of carbonyl (C=O) groups excluding carboxylic acids is 1. The number of rotatable bonds is 5. The third-order valence-electron chi connectivity index (χ3n) is 4.76. The molecule has 0 aliphatic carbocycles. The summed E-state index contributed by atoms with van der Waals surface area (Å²) in [5, 5.41) is 6.77. The van der Waals surface area contributed by atoms with Gasteiger partial charge in [-0.2, -0.15) is 0 Å². The summed E-state index contributed by atoms with van der Waals surface area (Å²) in [5.41, 5.74) is 1.50. The fourth-order valence-electron chi connectivity index (χ4n) is 3.27. The van der Waals surface area contributed by atoms with Gasteiger partial charge in [-0.3, -0.25) is 4.79 Å². The Kier molecular flexibility index (Phi) is 5.28. The quantitative estimate of drug-likeness (QED) is 0.705. The number of hydrogen-bond donors (Lipinski definition) is 1. The number of aromatic nitrogens is 3. The van der Waals surface area contributed by atoms with E-state index in [-0.39, 0.29) is 5.91 Å². The lowest BCUT2D eigenvalue weighted by Crippen LogP contribution is -2.48. The minimum absolute atomic E-state index is 0.0755. The second-order valence-electron chi connectivity index (χ2n) is 6.69. The van der Waals surface area contributed by atoms with Crippen LogP contribution in [0, 0.1) is 6.92 Å². The first-order chi connectivity index (χ1) is 14.1. The molecule has 1 aliphatic rings. The molecule has 2 aromatic heterocycles. The topological polar surface area (TPSA) is 96.6 Å². The van der Waals surface area contributed by atoms with Gasteiger partial charge in [0.05, 0.1) is 18.4 Å². The van der Waals surface area contributed by atoms with Crippen molar-refractivity contribution in [1.29, 1.82) is 0 Å². The minimum atomic E-state index is -0.0755. The van der Waals surface area contributed by atoms with Crippen LogP contribution in [0.15, 0.2) is 47.2 Å². The van der Waals surface area contributed by atoms with E-state index in [1.165, 1.54) is 12.4 Å². The molecule has 1 aliphatic heterocycles. The van der Waals surface area contributed by atoms with Gasteiger partial charge in [0.15, 0.2) is 5.82 Å². The van der Waals surface area contributed by atoms with Crippen LogP contribution in [-0.4, -0.2) is 59.2 Å². The van der Waals surface area contributed by atoms with Crippen LogP contribution in [-0.2, 0) is 0 Å². The fourth-order valence-corrected chi connectivity index (χ4v) is 3.27. The van der Waals surface area contributed by atoms with Crippen LogP contribution in [0.5, 0.6) is 5.75 Å². The summed E-state index contributed by atoms with van der Waals surface area (Å²) < 4.78 is 10.4. The predicted octanol–water partition coefficient (Wildman–Crippen LogP) is 2.49. The second-order valence-corrected chi connectivity index (χ2v) is 6.69. The van der Waals surface area contributed by atoms with E-state index in [2.05, 4.69) is 25.3 Å². The van der Waals surface area contributed by atoms with Crippen molar-refractivity contribution in [2.75, 3.05) is 43.5 Å². The van der Waals surface area contributed by atoms with Gasteiger partial charge in [0.25, 0.3) is 5.91 Å². The molecule has 1 aromatic carbocycles. The number of anilines is 3. The Morgan fingerprint density at radius 2 is 1.86 bits per heavy atom. The molecular weight excluding hydrogens is 372 g/mol. The normalized spacial score (nSPS) is 14.0. The van der Waals surface area contributed by atoms with Gasteiger partial charge in [-0.1, -0.05) is 17.3 Å². The van der Waals surface area contributed by atoms with Gasteiger partial charge >= 0.3 is 0 Å². The summed E-state index contributed by atoms with van der Waals surface area (Å²) in [6.45, 7) is 4.51. The number of hydrogen-bond acceptors (Lipinski definition) is 8. The van der Waals surface area contributed by atoms with E-state index >= 15 is 0 Å². The minimum Gasteiger partial charge on any atom is -0.495 e. The Balaban J connectivity index is 1.37. The first-order valence-corrected chi connectivity index (χ1v) is 9.33. The summed E-state index contributed by atoms with van der Waals surface area (Å²) in [7, 11) is 1.67. The molecule has 29 heavy (non-hydrogen) atoms. The number of carbonyl (C=O) groups is 1. The van der Waals surface area contributed by atoms with E-state index < -0.39 is 0 Å². The number of ether oxygens (including phenoxy) is 1. The number of piperazine rings is 1. The van der Waals surface area contributed by atoms with Crippen molar-refractivity contribution >= 4 is 23.4 Å². The molecule has 150 valence electrons. The molecule has 4 rings (SSSR count). The van der Waals surface area contributed by atoms with Crippen LogP contribution in [0.1, 0.15) is 16.1 Å². The average molecular weight is 394 g/mol. The predicted molar refractivity (Wildman–Crippen MR) is 108 cm³/mol. The van der Waals surface area contributed by atoms with Crippen molar-refractivity contribution in [2.24, 2.45) is 0 Å². The summed E-state index contributed by atoms with van der Waals surface area (Å²) in [6, 6.07) is 9.66. The SMILES string of the molecule is COc1ccccc1N1CCN(C(=O)c2cnc(Nc3cc(C)on3)nc2)CC1. The van der Waals surface area contributed by atoms with Crippen LogP contribution in [0.4, 0.5) is 17.5 Å². The van der Waals surface area contributed by atoms with Gasteiger partial charge in [0.2, 0.25) is 5.95 Å². The summed E-state index contributed by atoms with van der Waals surface area (Å²) in [5.74, 6) is 2.33. The Bertz CT molecular complexity index is 980. The molecule has 0 atom stereocenters. The van der Waals surface area contributed by atoms with Crippen molar-refractivity contribution in [3.8, 4) is 5.75 Å². The Labute approximate surface area is 168 Å². The Morgan fingerprint density at radius 1 is 1.14 bits per heavy atom. The number of nitrogens with one attached hydrogen (secondary N) is 1. The Hall–Kier alpha value is -3.62. The highest BCUT2D eigenvalue weighted by Crippen LogP contribution is 2.28. The smallest absolute Gasteiger partial charge is 0.257 e. The van der Waals surface area contributed by atoms with Gasteiger partial charge in [-0.25, -0.2) is 9.97 Å². The zero-order valence-corrected chi connectivity index (χ0v) is 16.3. The molecule has 0 spiro atoms. The molecule has 1 amide bonds. The van der Waals surface area contributed by atoms with Gasteiger partial charge in [0, 0.05) is 44.6 Å². The van der Waals surface area contributed by atoms with E-state index in [1.54, 1.807) is 20.1 Å². The van der Waals surface area contributed by atoms with E-state index in [4.69, 9.17) is 9.26 Å². The standard InChI is InChI=1S/C20H22N6O3/c1-14-11-18(24-29-14)23-20-21-12-15(13-22-20)19(27)26-9-7-25(8-10-26)16-5-3-4-6-17(16)28-2/h3-6,11-13H,7-10H2,1-2H3,(H,21,22,23,24). The third kappa shape index (κ3) is 4.13. The van der Waals surface area contributed by atoms with Gasteiger partial charge < -0.3 is 24.4 Å². The molecule has 0 radical (unpaired) electrons. The molecule has 1 N–H and O–H groups in total.